The van der Waals surface area contributed by atoms with Crippen molar-refractivity contribution in [2.45, 2.75) is 51.9 Å². The monoisotopic (exact) mass is 283 g/mol. The van der Waals surface area contributed by atoms with Crippen molar-refractivity contribution < 1.29 is 28.8 Å². The van der Waals surface area contributed by atoms with Crippen LogP contribution in [0.1, 0.15) is 48.4 Å². The third-order valence-corrected chi connectivity index (χ3v) is 4.42. The van der Waals surface area contributed by atoms with Crippen molar-refractivity contribution >= 4 is 0 Å². The molecule has 97 valence electrons. The van der Waals surface area contributed by atoms with Gasteiger partial charge in [0.25, 0.3) is 0 Å². The van der Waals surface area contributed by atoms with E-state index in [0.29, 0.717) is 17.4 Å². The van der Waals surface area contributed by atoms with Crippen molar-refractivity contribution in [1.29, 1.82) is 0 Å². The number of hydrogen-bond donors (Lipinski definition) is 2. The summed E-state index contributed by atoms with van der Waals surface area (Å²) in [6, 6.07) is 0. The number of benzene rings is 1. The Labute approximate surface area is 120 Å². The molecule has 3 heteroatoms. The van der Waals surface area contributed by atoms with E-state index in [1.807, 2.05) is 0 Å². The molecule has 1 unspecified atom stereocenters. The Morgan fingerprint density at radius 1 is 0.833 bits per heavy atom. The molecule has 1 radical (unpaired) electrons. The number of aromatic hydroxyl groups is 2. The molecule has 0 aromatic heterocycles. The zero-order chi connectivity index (χ0) is 12.0. The van der Waals surface area contributed by atoms with Gasteiger partial charge in [-0.05, 0) is 50.9 Å². The van der Waals surface area contributed by atoms with Crippen molar-refractivity contribution in [3.8, 4) is 11.5 Å². The summed E-state index contributed by atoms with van der Waals surface area (Å²) >= 11 is 0. The summed E-state index contributed by atoms with van der Waals surface area (Å²) in [5, 5.41) is 20.8. The predicted molar refractivity (Wildman–Crippen MR) is 67.6 cm³/mol. The van der Waals surface area contributed by atoms with Crippen LogP contribution >= 0.6 is 0 Å². The second kappa shape index (κ2) is 5.18. The van der Waals surface area contributed by atoms with Crippen molar-refractivity contribution in [2.75, 3.05) is 0 Å². The molecule has 0 saturated carbocycles. The third-order valence-electron chi connectivity index (χ3n) is 4.42. The molecule has 2 N–H and O–H groups in total. The summed E-state index contributed by atoms with van der Waals surface area (Å²) < 4.78 is 0. The van der Waals surface area contributed by atoms with Gasteiger partial charge >= 0.3 is 0 Å². The third kappa shape index (κ3) is 2.06. The molecule has 2 nitrogen and oxygen atoms in total. The minimum atomic E-state index is 0. The van der Waals surface area contributed by atoms with Crippen LogP contribution in [-0.2, 0) is 44.2 Å². The fourth-order valence-electron chi connectivity index (χ4n) is 3.41. The average molecular weight is 283 g/mol. The van der Waals surface area contributed by atoms with Gasteiger partial charge in [-0.15, -0.1) is 0 Å². The Balaban J connectivity index is 0.00000120. The molecule has 0 aliphatic heterocycles. The van der Waals surface area contributed by atoms with E-state index in [9.17, 15) is 10.2 Å². The van der Waals surface area contributed by atoms with E-state index in [1.165, 1.54) is 0 Å². The van der Waals surface area contributed by atoms with Crippen LogP contribution in [0.25, 0.3) is 0 Å². The van der Waals surface area contributed by atoms with Crippen LogP contribution in [-0.4, -0.2) is 10.2 Å². The quantitative estimate of drug-likeness (QED) is 0.718. The fraction of sp³-hybridized carbons (Fsp3) is 0.600. The molecule has 0 amide bonds. The van der Waals surface area contributed by atoms with Gasteiger partial charge in [0.15, 0.2) is 0 Å². The molecule has 0 spiro atoms. The van der Waals surface area contributed by atoms with E-state index in [1.54, 1.807) is 0 Å². The number of phenolic OH excluding ortho intramolecular Hbond substituents is 2. The molecular weight excluding hydrogens is 263 g/mol. The molecule has 0 fully saturated rings. The number of hydrogen-bond acceptors (Lipinski definition) is 2. The van der Waals surface area contributed by atoms with Crippen LogP contribution in [0.15, 0.2) is 0 Å². The van der Waals surface area contributed by atoms with Gasteiger partial charge in [0.2, 0.25) is 0 Å². The first kappa shape index (κ1) is 13.8. The van der Waals surface area contributed by atoms with Crippen LogP contribution in [0.5, 0.6) is 11.5 Å². The summed E-state index contributed by atoms with van der Waals surface area (Å²) in [5.41, 5.74) is 4.12. The van der Waals surface area contributed by atoms with Gasteiger partial charge in [-0.1, -0.05) is 6.92 Å². The summed E-state index contributed by atoms with van der Waals surface area (Å²) in [6.45, 7) is 2.22. The minimum Gasteiger partial charge on any atom is -0.507 e. The van der Waals surface area contributed by atoms with Crippen molar-refractivity contribution in [2.24, 2.45) is 5.92 Å². The Kier molecular flexibility index (Phi) is 3.98. The van der Waals surface area contributed by atoms with Gasteiger partial charge in [0.05, 0.1) is 0 Å². The number of phenols is 2. The molecule has 2 aliphatic carbocycles. The van der Waals surface area contributed by atoms with Gasteiger partial charge in [-0.3, -0.25) is 0 Å². The van der Waals surface area contributed by atoms with Crippen molar-refractivity contribution in [1.82, 2.24) is 0 Å². The molecule has 1 aromatic rings. The van der Waals surface area contributed by atoms with E-state index in [2.05, 4.69) is 6.92 Å². The first-order valence-electron chi connectivity index (χ1n) is 6.76. The normalized spacial score (nSPS) is 21.7. The molecule has 18 heavy (non-hydrogen) atoms. The van der Waals surface area contributed by atoms with Gasteiger partial charge in [0, 0.05) is 40.8 Å². The molecule has 0 bridgehead atoms. The molecule has 3 rings (SSSR count). The molecule has 1 aromatic carbocycles. The van der Waals surface area contributed by atoms with Crippen LogP contribution in [0, 0.1) is 5.92 Å². The average Bonchev–Trinajstić information content (AvgIpc) is 2.36. The predicted octanol–water partition coefficient (Wildman–Crippen LogP) is 3.10. The van der Waals surface area contributed by atoms with E-state index >= 15 is 0 Å². The van der Waals surface area contributed by atoms with E-state index in [0.717, 1.165) is 67.2 Å². The zero-order valence-electron chi connectivity index (χ0n) is 10.9. The Bertz CT molecular complexity index is 468. The van der Waals surface area contributed by atoms with Crippen LogP contribution in [0.4, 0.5) is 0 Å². The summed E-state index contributed by atoms with van der Waals surface area (Å²) in [4.78, 5) is 0. The zero-order valence-corrected chi connectivity index (χ0v) is 12.3. The maximum atomic E-state index is 10.4. The summed E-state index contributed by atoms with van der Waals surface area (Å²) in [5.74, 6) is 1.62. The molecule has 0 saturated heterocycles. The van der Waals surface area contributed by atoms with E-state index in [-0.39, 0.29) is 18.6 Å². The SMILES string of the molecule is CC1CCc2c(O)c3c(c(O)c2C1)CCCC3.[V]. The molecule has 0 heterocycles. The van der Waals surface area contributed by atoms with Gasteiger partial charge in [-0.25, -0.2) is 0 Å². The molecular formula is C15H20O2V. The van der Waals surface area contributed by atoms with Gasteiger partial charge in [0.1, 0.15) is 11.5 Å². The number of rotatable bonds is 0. The topological polar surface area (TPSA) is 40.5 Å². The standard InChI is InChI=1S/C15H20O2.V/c1-9-6-7-12-13(8-9)15(17)11-5-3-2-4-10(11)14(12)16;/h9,16-17H,2-8H2,1H3;. The number of fused-ring (bicyclic) bond motifs is 2. The van der Waals surface area contributed by atoms with Gasteiger partial charge in [-0.2, -0.15) is 0 Å². The summed E-state index contributed by atoms with van der Waals surface area (Å²) in [7, 11) is 0. The van der Waals surface area contributed by atoms with Crippen molar-refractivity contribution in [3.63, 3.8) is 0 Å². The van der Waals surface area contributed by atoms with Crippen LogP contribution in [0.3, 0.4) is 0 Å². The van der Waals surface area contributed by atoms with Crippen LogP contribution in [0.2, 0.25) is 0 Å². The summed E-state index contributed by atoms with van der Waals surface area (Å²) in [6.07, 6.45) is 7.08. The van der Waals surface area contributed by atoms with Crippen molar-refractivity contribution in [3.05, 3.63) is 22.3 Å². The maximum absolute atomic E-state index is 10.4. The van der Waals surface area contributed by atoms with Crippen LogP contribution < -0.4 is 0 Å². The Morgan fingerprint density at radius 3 is 1.94 bits per heavy atom. The second-order valence-corrected chi connectivity index (χ2v) is 5.67. The Hall–Kier alpha value is -0.596. The fourth-order valence-corrected chi connectivity index (χ4v) is 3.41. The minimum absolute atomic E-state index is 0. The van der Waals surface area contributed by atoms with E-state index in [4.69, 9.17) is 0 Å². The molecule has 1 atom stereocenters. The molecule has 2 aliphatic rings. The maximum Gasteiger partial charge on any atom is 0.122 e. The smallest absolute Gasteiger partial charge is 0.122 e. The van der Waals surface area contributed by atoms with E-state index < -0.39 is 0 Å². The second-order valence-electron chi connectivity index (χ2n) is 5.67. The largest absolute Gasteiger partial charge is 0.507 e. The first-order valence-corrected chi connectivity index (χ1v) is 6.76. The van der Waals surface area contributed by atoms with Gasteiger partial charge < -0.3 is 10.2 Å². The first-order chi connectivity index (χ1) is 8.18. The Morgan fingerprint density at radius 2 is 1.33 bits per heavy atom.